The van der Waals surface area contributed by atoms with Gasteiger partial charge in [0.15, 0.2) is 0 Å². The number of allylic oxidation sites excluding steroid dienone is 1. The van der Waals surface area contributed by atoms with Crippen LogP contribution in [0, 0.1) is 0 Å². The first-order chi connectivity index (χ1) is 4.34. The predicted octanol–water partition coefficient (Wildman–Crippen LogP) is 0.940. The average molecular weight is 145 g/mol. The van der Waals surface area contributed by atoms with E-state index in [9.17, 15) is 0 Å². The maximum Gasteiger partial charge on any atom is 0.104 e. The number of hydrogen-bond donors (Lipinski definition) is 1. The molecule has 2 nitrogen and oxygen atoms in total. The summed E-state index contributed by atoms with van der Waals surface area (Å²) >= 11 is 1.80. The van der Waals surface area contributed by atoms with Crippen LogP contribution in [0.4, 0.5) is 0 Å². The Morgan fingerprint density at radius 2 is 2.56 bits per heavy atom. The van der Waals surface area contributed by atoms with Crippen LogP contribution in [0.2, 0.25) is 0 Å². The Balaban J connectivity index is 2.59. The first kappa shape index (κ1) is 6.96. The Hall–Kier alpha value is -0.150. The van der Waals surface area contributed by atoms with Crippen LogP contribution >= 0.6 is 11.8 Å². The third kappa shape index (κ3) is 1.63. The highest BCUT2D eigenvalue weighted by Gasteiger charge is 2.07. The van der Waals surface area contributed by atoms with Gasteiger partial charge in [0.25, 0.3) is 0 Å². The normalized spacial score (nSPS) is 19.8. The van der Waals surface area contributed by atoms with E-state index in [-0.39, 0.29) is 0 Å². The van der Waals surface area contributed by atoms with Gasteiger partial charge in [-0.2, -0.15) is 0 Å². The molecule has 0 amide bonds. The lowest BCUT2D eigenvalue weighted by Gasteiger charge is -2.16. The highest BCUT2D eigenvalue weighted by molar-refractivity contribution is 8.03. The molecular formula is C6H11NOS. The highest BCUT2D eigenvalue weighted by atomic mass is 32.2. The summed E-state index contributed by atoms with van der Waals surface area (Å²) in [6.07, 6.45) is 0. The molecule has 0 saturated heterocycles. The van der Waals surface area contributed by atoms with Crippen LogP contribution in [0.15, 0.2) is 10.7 Å². The van der Waals surface area contributed by atoms with E-state index in [1.165, 1.54) is 4.91 Å². The number of nitrogens with two attached hydrogens (primary N) is 1. The van der Waals surface area contributed by atoms with Crippen molar-refractivity contribution in [3.8, 4) is 0 Å². The van der Waals surface area contributed by atoms with E-state index in [0.29, 0.717) is 6.54 Å². The standard InChI is InChI=1S/C6H11NOS/c1-5-6(4-7)9-3-2-8-5/h2-4,7H2,1H3. The molecule has 1 aliphatic heterocycles. The Bertz CT molecular complexity index is 133. The molecule has 1 rings (SSSR count). The second-order valence-corrected chi connectivity index (χ2v) is 3.07. The van der Waals surface area contributed by atoms with Crippen molar-refractivity contribution >= 4 is 11.8 Å². The lowest BCUT2D eigenvalue weighted by atomic mass is 10.4. The van der Waals surface area contributed by atoms with Crippen LogP contribution in [0.1, 0.15) is 6.92 Å². The maximum absolute atomic E-state index is 5.43. The molecule has 3 heteroatoms. The van der Waals surface area contributed by atoms with E-state index in [4.69, 9.17) is 10.5 Å². The van der Waals surface area contributed by atoms with Gasteiger partial charge < -0.3 is 10.5 Å². The fourth-order valence-electron chi connectivity index (χ4n) is 0.744. The topological polar surface area (TPSA) is 35.2 Å². The van der Waals surface area contributed by atoms with Crippen molar-refractivity contribution in [1.29, 1.82) is 0 Å². The van der Waals surface area contributed by atoms with Crippen molar-refractivity contribution < 1.29 is 4.74 Å². The van der Waals surface area contributed by atoms with Gasteiger partial charge in [0.1, 0.15) is 5.76 Å². The fraction of sp³-hybridized carbons (Fsp3) is 0.667. The lowest BCUT2D eigenvalue weighted by molar-refractivity contribution is 0.229. The van der Waals surface area contributed by atoms with Crippen LogP contribution in [-0.4, -0.2) is 18.9 Å². The molecule has 0 aromatic rings. The lowest BCUT2D eigenvalue weighted by Crippen LogP contribution is -2.11. The van der Waals surface area contributed by atoms with Gasteiger partial charge >= 0.3 is 0 Å². The summed E-state index contributed by atoms with van der Waals surface area (Å²) in [5.41, 5.74) is 5.43. The monoisotopic (exact) mass is 145 g/mol. The first-order valence-corrected chi connectivity index (χ1v) is 3.98. The molecule has 0 saturated carbocycles. The van der Waals surface area contributed by atoms with Crippen molar-refractivity contribution in [3.63, 3.8) is 0 Å². The highest BCUT2D eigenvalue weighted by Crippen LogP contribution is 2.23. The maximum atomic E-state index is 5.43. The third-order valence-electron chi connectivity index (χ3n) is 1.26. The number of ether oxygens (including phenoxy) is 1. The van der Waals surface area contributed by atoms with Crippen molar-refractivity contribution in [2.45, 2.75) is 6.92 Å². The number of rotatable bonds is 1. The Morgan fingerprint density at radius 1 is 1.78 bits per heavy atom. The summed E-state index contributed by atoms with van der Waals surface area (Å²) in [6.45, 7) is 3.42. The molecule has 0 radical (unpaired) electrons. The number of thioether (sulfide) groups is 1. The SMILES string of the molecule is CC1=C(CN)SCCO1. The summed E-state index contributed by atoms with van der Waals surface area (Å²) in [4.78, 5) is 1.20. The van der Waals surface area contributed by atoms with E-state index in [1.54, 1.807) is 11.8 Å². The molecule has 0 aromatic carbocycles. The Labute approximate surface area is 59.4 Å². The smallest absolute Gasteiger partial charge is 0.104 e. The average Bonchev–Trinajstić information content (AvgIpc) is 1.89. The van der Waals surface area contributed by atoms with Gasteiger partial charge in [-0.05, 0) is 6.92 Å². The minimum Gasteiger partial charge on any atom is -0.496 e. The first-order valence-electron chi connectivity index (χ1n) is 3.00. The van der Waals surface area contributed by atoms with Crippen LogP contribution in [-0.2, 0) is 4.74 Å². The van der Waals surface area contributed by atoms with Crippen molar-refractivity contribution in [1.82, 2.24) is 0 Å². The zero-order valence-electron chi connectivity index (χ0n) is 5.52. The van der Waals surface area contributed by atoms with E-state index < -0.39 is 0 Å². The molecular weight excluding hydrogens is 134 g/mol. The quantitative estimate of drug-likeness (QED) is 0.596. The van der Waals surface area contributed by atoms with E-state index in [0.717, 1.165) is 18.1 Å². The molecule has 52 valence electrons. The number of hydrogen-bond acceptors (Lipinski definition) is 3. The summed E-state index contributed by atoms with van der Waals surface area (Å²) in [5.74, 6) is 2.05. The molecule has 9 heavy (non-hydrogen) atoms. The molecule has 2 N–H and O–H groups in total. The molecule has 0 bridgehead atoms. The fourth-order valence-corrected chi connectivity index (χ4v) is 1.54. The zero-order chi connectivity index (χ0) is 6.69. The van der Waals surface area contributed by atoms with Crippen molar-refractivity contribution in [2.24, 2.45) is 5.73 Å². The Morgan fingerprint density at radius 3 is 3.00 bits per heavy atom. The predicted molar refractivity (Wildman–Crippen MR) is 40.2 cm³/mol. The molecule has 0 unspecified atom stereocenters. The Kier molecular flexibility index (Phi) is 2.42. The summed E-state index contributed by atoms with van der Waals surface area (Å²) in [6, 6.07) is 0. The summed E-state index contributed by atoms with van der Waals surface area (Å²) in [5, 5.41) is 0. The van der Waals surface area contributed by atoms with E-state index in [1.807, 2.05) is 6.92 Å². The van der Waals surface area contributed by atoms with Gasteiger partial charge in [-0.25, -0.2) is 0 Å². The molecule has 0 fully saturated rings. The molecule has 0 atom stereocenters. The second-order valence-electron chi connectivity index (χ2n) is 1.88. The minimum atomic E-state index is 0.622. The van der Waals surface area contributed by atoms with Crippen LogP contribution < -0.4 is 5.73 Å². The third-order valence-corrected chi connectivity index (χ3v) is 2.43. The van der Waals surface area contributed by atoms with Gasteiger partial charge in [0.2, 0.25) is 0 Å². The minimum absolute atomic E-state index is 0.622. The van der Waals surface area contributed by atoms with Crippen LogP contribution in [0.3, 0.4) is 0 Å². The van der Waals surface area contributed by atoms with Crippen molar-refractivity contribution in [2.75, 3.05) is 18.9 Å². The van der Waals surface area contributed by atoms with Gasteiger partial charge in [-0.1, -0.05) is 0 Å². The zero-order valence-corrected chi connectivity index (χ0v) is 6.33. The van der Waals surface area contributed by atoms with Gasteiger partial charge in [0, 0.05) is 17.2 Å². The van der Waals surface area contributed by atoms with E-state index in [2.05, 4.69) is 0 Å². The molecule has 1 heterocycles. The van der Waals surface area contributed by atoms with Gasteiger partial charge in [-0.3, -0.25) is 0 Å². The summed E-state index contributed by atoms with van der Waals surface area (Å²) < 4.78 is 5.26. The largest absolute Gasteiger partial charge is 0.496 e. The van der Waals surface area contributed by atoms with Gasteiger partial charge in [0.05, 0.1) is 6.61 Å². The van der Waals surface area contributed by atoms with Gasteiger partial charge in [-0.15, -0.1) is 11.8 Å². The van der Waals surface area contributed by atoms with Crippen LogP contribution in [0.25, 0.3) is 0 Å². The summed E-state index contributed by atoms with van der Waals surface area (Å²) in [7, 11) is 0. The molecule has 0 aromatic heterocycles. The molecule has 1 aliphatic rings. The van der Waals surface area contributed by atoms with Crippen molar-refractivity contribution in [3.05, 3.63) is 10.7 Å². The van der Waals surface area contributed by atoms with Crippen LogP contribution in [0.5, 0.6) is 0 Å². The second kappa shape index (κ2) is 3.13. The molecule has 0 spiro atoms. The van der Waals surface area contributed by atoms with E-state index >= 15 is 0 Å². The molecule has 0 aliphatic carbocycles.